The highest BCUT2D eigenvalue weighted by molar-refractivity contribution is 5.88. The molecule has 0 saturated carbocycles. The number of anilines is 1. The third-order valence-electron chi connectivity index (χ3n) is 5.53. The highest BCUT2D eigenvalue weighted by Crippen LogP contribution is 2.22. The van der Waals surface area contributed by atoms with Crippen molar-refractivity contribution in [3.05, 3.63) is 41.4 Å². The van der Waals surface area contributed by atoms with E-state index in [1.54, 1.807) is 10.7 Å². The Morgan fingerprint density at radius 3 is 2.59 bits per heavy atom. The Balaban J connectivity index is 1.45. The zero-order valence-corrected chi connectivity index (χ0v) is 19.0. The van der Waals surface area contributed by atoms with E-state index in [4.69, 9.17) is 4.42 Å². The van der Waals surface area contributed by atoms with Crippen LogP contribution in [0, 0.1) is 20.8 Å². The smallest absolute Gasteiger partial charge is 0.320 e. The zero-order chi connectivity index (χ0) is 22.5. The molecule has 0 aliphatic carbocycles. The van der Waals surface area contributed by atoms with Gasteiger partial charge in [-0.1, -0.05) is 6.42 Å². The van der Waals surface area contributed by atoms with Crippen molar-refractivity contribution in [3.63, 3.8) is 0 Å². The van der Waals surface area contributed by atoms with Crippen molar-refractivity contribution in [1.29, 1.82) is 0 Å². The molecule has 3 aromatic heterocycles. The van der Waals surface area contributed by atoms with Gasteiger partial charge in [-0.15, -0.1) is 0 Å². The lowest BCUT2D eigenvalue weighted by atomic mass is 10.1. The minimum atomic E-state index is -0.289. The van der Waals surface area contributed by atoms with Gasteiger partial charge in [0.1, 0.15) is 11.6 Å². The van der Waals surface area contributed by atoms with E-state index < -0.39 is 0 Å². The molecule has 0 spiro atoms. The molecule has 1 fully saturated rings. The monoisotopic (exact) mass is 437 g/mol. The van der Waals surface area contributed by atoms with Crippen molar-refractivity contribution >= 4 is 11.8 Å². The van der Waals surface area contributed by atoms with E-state index in [-0.39, 0.29) is 6.03 Å². The summed E-state index contributed by atoms with van der Waals surface area (Å²) in [5.74, 6) is 2.65. The van der Waals surface area contributed by atoms with Crippen LogP contribution >= 0.6 is 0 Å². The minimum Gasteiger partial charge on any atom is -0.458 e. The Morgan fingerprint density at radius 2 is 1.91 bits per heavy atom. The third kappa shape index (κ3) is 5.53. The predicted octanol–water partition coefficient (Wildman–Crippen LogP) is 3.85. The topological polar surface area (TPSA) is 101 Å². The SMILES string of the molecule is Cc1cc(C)n(-c2cc(NC(=O)NCCCN3CCCCC3)nc(-c3ccc(C)o3)n2)n1. The number of likely N-dealkylation sites (tertiary alicyclic amines) is 1. The van der Waals surface area contributed by atoms with E-state index in [2.05, 4.69) is 30.6 Å². The first-order valence-electron chi connectivity index (χ1n) is 11.2. The Morgan fingerprint density at radius 1 is 1.09 bits per heavy atom. The quantitative estimate of drug-likeness (QED) is 0.545. The molecule has 0 aromatic carbocycles. The van der Waals surface area contributed by atoms with Crippen molar-refractivity contribution in [1.82, 2.24) is 30.0 Å². The van der Waals surface area contributed by atoms with Crippen LogP contribution in [0.2, 0.25) is 0 Å². The van der Waals surface area contributed by atoms with Gasteiger partial charge in [0.25, 0.3) is 0 Å². The molecule has 2 amide bonds. The molecular weight excluding hydrogens is 406 g/mol. The summed E-state index contributed by atoms with van der Waals surface area (Å²) in [5, 5.41) is 10.3. The lowest BCUT2D eigenvalue weighted by Crippen LogP contribution is -2.34. The van der Waals surface area contributed by atoms with Gasteiger partial charge in [0, 0.05) is 18.3 Å². The van der Waals surface area contributed by atoms with Crippen LogP contribution in [0.3, 0.4) is 0 Å². The summed E-state index contributed by atoms with van der Waals surface area (Å²) in [6.07, 6.45) is 4.80. The van der Waals surface area contributed by atoms with Crippen LogP contribution in [-0.2, 0) is 0 Å². The van der Waals surface area contributed by atoms with Gasteiger partial charge in [0.05, 0.1) is 5.69 Å². The molecule has 170 valence electrons. The lowest BCUT2D eigenvalue weighted by Gasteiger charge is -2.26. The minimum absolute atomic E-state index is 0.289. The number of carbonyl (C=O) groups is 1. The molecule has 9 heteroatoms. The molecule has 9 nitrogen and oxygen atoms in total. The van der Waals surface area contributed by atoms with E-state index in [0.29, 0.717) is 29.8 Å². The fraction of sp³-hybridized carbons (Fsp3) is 0.478. The first kappa shape index (κ1) is 22.0. The molecule has 0 bridgehead atoms. The van der Waals surface area contributed by atoms with Crippen molar-refractivity contribution in [2.45, 2.75) is 46.5 Å². The van der Waals surface area contributed by atoms with Crippen LogP contribution in [0.4, 0.5) is 10.6 Å². The van der Waals surface area contributed by atoms with Crippen molar-refractivity contribution in [2.24, 2.45) is 0 Å². The van der Waals surface area contributed by atoms with Crippen LogP contribution in [0.5, 0.6) is 0 Å². The second-order valence-corrected chi connectivity index (χ2v) is 8.32. The van der Waals surface area contributed by atoms with Crippen LogP contribution < -0.4 is 10.6 Å². The van der Waals surface area contributed by atoms with E-state index in [0.717, 1.165) is 43.2 Å². The van der Waals surface area contributed by atoms with Gasteiger partial charge in [-0.05, 0) is 77.9 Å². The van der Waals surface area contributed by atoms with Crippen LogP contribution in [-0.4, -0.2) is 56.9 Å². The second kappa shape index (κ2) is 9.95. The van der Waals surface area contributed by atoms with Crippen LogP contribution in [0.1, 0.15) is 42.8 Å². The number of aryl methyl sites for hydroxylation is 3. The van der Waals surface area contributed by atoms with Gasteiger partial charge < -0.3 is 14.6 Å². The summed E-state index contributed by atoms with van der Waals surface area (Å²) in [7, 11) is 0. The average Bonchev–Trinajstić information content (AvgIpc) is 3.36. The second-order valence-electron chi connectivity index (χ2n) is 8.32. The maximum absolute atomic E-state index is 12.5. The molecule has 0 atom stereocenters. The van der Waals surface area contributed by atoms with Gasteiger partial charge in [0.15, 0.2) is 17.4 Å². The Kier molecular flexibility index (Phi) is 6.84. The number of carbonyl (C=O) groups excluding carboxylic acids is 1. The molecule has 1 saturated heterocycles. The van der Waals surface area contributed by atoms with Crippen LogP contribution in [0.25, 0.3) is 17.4 Å². The maximum atomic E-state index is 12.5. The van der Waals surface area contributed by atoms with Gasteiger partial charge in [-0.3, -0.25) is 5.32 Å². The van der Waals surface area contributed by atoms with Gasteiger partial charge >= 0.3 is 6.03 Å². The summed E-state index contributed by atoms with van der Waals surface area (Å²) in [6, 6.07) is 7.08. The molecular formula is C23H31N7O2. The predicted molar refractivity (Wildman–Crippen MR) is 123 cm³/mol. The van der Waals surface area contributed by atoms with E-state index in [1.165, 1.54) is 19.3 Å². The van der Waals surface area contributed by atoms with Crippen molar-refractivity contribution in [3.8, 4) is 17.4 Å². The van der Waals surface area contributed by atoms with Gasteiger partial charge in [0.2, 0.25) is 0 Å². The first-order valence-corrected chi connectivity index (χ1v) is 11.2. The number of hydrogen-bond donors (Lipinski definition) is 2. The summed E-state index contributed by atoms with van der Waals surface area (Å²) >= 11 is 0. The molecule has 4 rings (SSSR count). The number of hydrogen-bond acceptors (Lipinski definition) is 6. The highest BCUT2D eigenvalue weighted by Gasteiger charge is 2.15. The number of nitrogens with zero attached hydrogens (tertiary/aromatic N) is 5. The van der Waals surface area contributed by atoms with Crippen molar-refractivity contribution in [2.75, 3.05) is 31.5 Å². The highest BCUT2D eigenvalue weighted by atomic mass is 16.3. The normalized spacial score (nSPS) is 14.5. The Labute approximate surface area is 188 Å². The number of piperidine rings is 1. The molecule has 3 aromatic rings. The fourth-order valence-corrected chi connectivity index (χ4v) is 3.98. The molecule has 4 heterocycles. The molecule has 0 radical (unpaired) electrons. The van der Waals surface area contributed by atoms with Crippen molar-refractivity contribution < 1.29 is 9.21 Å². The number of aromatic nitrogens is 4. The van der Waals surface area contributed by atoms with E-state index in [1.807, 2.05) is 39.0 Å². The fourth-order valence-electron chi connectivity index (χ4n) is 3.98. The number of amides is 2. The van der Waals surface area contributed by atoms with Crippen LogP contribution in [0.15, 0.2) is 28.7 Å². The van der Waals surface area contributed by atoms with Gasteiger partial charge in [-0.25, -0.2) is 19.4 Å². The third-order valence-corrected chi connectivity index (χ3v) is 5.53. The molecule has 32 heavy (non-hydrogen) atoms. The summed E-state index contributed by atoms with van der Waals surface area (Å²) in [4.78, 5) is 24.1. The summed E-state index contributed by atoms with van der Waals surface area (Å²) in [6.45, 7) is 9.71. The Bertz CT molecular complexity index is 1070. The average molecular weight is 438 g/mol. The molecule has 2 N–H and O–H groups in total. The first-order chi connectivity index (χ1) is 15.5. The number of furan rings is 1. The number of nitrogens with one attached hydrogen (secondary N) is 2. The van der Waals surface area contributed by atoms with E-state index in [9.17, 15) is 4.79 Å². The molecule has 1 aliphatic heterocycles. The Hall–Kier alpha value is -3.20. The standard InChI is InChI=1S/C23H31N7O2/c1-16-14-17(2)30(28-16)21-15-20(25-22(27-21)19-9-8-18(3)32-19)26-23(31)24-10-7-13-29-11-5-4-6-12-29/h8-9,14-15H,4-7,10-13H2,1-3H3,(H2,24,25,26,27,31). The van der Waals surface area contributed by atoms with Gasteiger partial charge in [-0.2, -0.15) is 5.10 Å². The summed E-state index contributed by atoms with van der Waals surface area (Å²) < 4.78 is 7.44. The summed E-state index contributed by atoms with van der Waals surface area (Å²) in [5.41, 5.74) is 1.83. The lowest BCUT2D eigenvalue weighted by molar-refractivity contribution is 0.224. The largest absolute Gasteiger partial charge is 0.458 e. The number of rotatable bonds is 7. The maximum Gasteiger partial charge on any atom is 0.320 e. The number of urea groups is 1. The molecule has 0 unspecified atom stereocenters. The molecule has 1 aliphatic rings. The zero-order valence-electron chi connectivity index (χ0n) is 19.0. The van der Waals surface area contributed by atoms with E-state index >= 15 is 0 Å².